The number of nitrogens with one attached hydrogen (secondary N) is 1. The second-order valence-electron chi connectivity index (χ2n) is 2.11. The molecule has 0 unspecified atom stereocenters. The molecule has 0 saturated carbocycles. The van der Waals surface area contributed by atoms with Gasteiger partial charge in [-0.3, -0.25) is 4.79 Å². The van der Waals surface area contributed by atoms with Crippen LogP contribution in [0, 0.1) is 11.6 Å². The van der Waals surface area contributed by atoms with Crippen molar-refractivity contribution in [3.05, 3.63) is 27.2 Å². The van der Waals surface area contributed by atoms with Crippen LogP contribution < -0.4 is 5.32 Å². The topological polar surface area (TPSA) is 29.1 Å². The number of benzene rings is 1. The van der Waals surface area contributed by atoms with Gasteiger partial charge in [0.1, 0.15) is 5.02 Å². The molecule has 0 fully saturated rings. The smallest absolute Gasteiger partial charge is 0.211 e. The molecule has 70 valence electrons. The zero-order valence-electron chi connectivity index (χ0n) is 6.07. The first-order valence-electron chi connectivity index (χ1n) is 3.11. The Morgan fingerprint density at radius 3 is 2.69 bits per heavy atom. The summed E-state index contributed by atoms with van der Waals surface area (Å²) >= 11 is 8.34. The fraction of sp³-hybridized carbons (Fsp3) is 0. The zero-order chi connectivity index (χ0) is 10.0. The molecule has 0 spiro atoms. The van der Waals surface area contributed by atoms with Crippen LogP contribution in [0.25, 0.3) is 0 Å². The molecule has 0 aliphatic rings. The van der Waals surface area contributed by atoms with Gasteiger partial charge in [-0.15, -0.1) is 0 Å². The van der Waals surface area contributed by atoms with Crippen molar-refractivity contribution < 1.29 is 13.6 Å². The monoisotopic (exact) mass is 269 g/mol. The van der Waals surface area contributed by atoms with E-state index in [-0.39, 0.29) is 10.2 Å². The number of carbonyl (C=O) groups is 1. The van der Waals surface area contributed by atoms with E-state index in [2.05, 4.69) is 21.2 Å². The van der Waals surface area contributed by atoms with Crippen molar-refractivity contribution in [1.82, 2.24) is 0 Å². The molecule has 13 heavy (non-hydrogen) atoms. The Labute approximate surface area is 86.0 Å². The van der Waals surface area contributed by atoms with Gasteiger partial charge in [0.15, 0.2) is 11.6 Å². The van der Waals surface area contributed by atoms with E-state index in [1.807, 2.05) is 0 Å². The van der Waals surface area contributed by atoms with Crippen LogP contribution in [0.15, 0.2) is 10.5 Å². The predicted molar refractivity (Wildman–Crippen MR) is 48.8 cm³/mol. The number of anilines is 1. The molecule has 1 aromatic carbocycles. The summed E-state index contributed by atoms with van der Waals surface area (Å²) in [4.78, 5) is 10.1. The van der Waals surface area contributed by atoms with Crippen molar-refractivity contribution in [2.24, 2.45) is 0 Å². The van der Waals surface area contributed by atoms with Gasteiger partial charge in [0.25, 0.3) is 0 Å². The van der Waals surface area contributed by atoms with Crippen LogP contribution in [0.4, 0.5) is 14.5 Å². The van der Waals surface area contributed by atoms with E-state index >= 15 is 0 Å². The standard InChI is InChI=1S/C7H3BrClF2NO/c8-3-1-4(10)6(11)5(9)7(3)12-2-13/h1-2H,(H,12,13). The van der Waals surface area contributed by atoms with E-state index in [4.69, 9.17) is 11.6 Å². The van der Waals surface area contributed by atoms with Crippen molar-refractivity contribution in [2.75, 3.05) is 5.32 Å². The van der Waals surface area contributed by atoms with Gasteiger partial charge in [-0.2, -0.15) is 0 Å². The summed E-state index contributed by atoms with van der Waals surface area (Å²) in [6.45, 7) is 0. The van der Waals surface area contributed by atoms with E-state index in [1.54, 1.807) is 0 Å². The van der Waals surface area contributed by atoms with Crippen molar-refractivity contribution in [2.45, 2.75) is 0 Å². The largest absolute Gasteiger partial charge is 0.326 e. The van der Waals surface area contributed by atoms with Gasteiger partial charge in [0.05, 0.1) is 5.69 Å². The summed E-state index contributed by atoms with van der Waals surface area (Å²) in [6, 6.07) is 0.882. The van der Waals surface area contributed by atoms with Gasteiger partial charge >= 0.3 is 0 Å². The summed E-state index contributed by atoms with van der Waals surface area (Å²) < 4.78 is 25.6. The highest BCUT2D eigenvalue weighted by atomic mass is 79.9. The van der Waals surface area contributed by atoms with Crippen LogP contribution in [0.2, 0.25) is 5.02 Å². The third kappa shape index (κ3) is 1.97. The van der Waals surface area contributed by atoms with E-state index in [9.17, 15) is 13.6 Å². The fourth-order valence-corrected chi connectivity index (χ4v) is 1.63. The molecule has 0 bridgehead atoms. The molecule has 1 rings (SSSR count). The molecule has 6 heteroatoms. The predicted octanol–water partition coefficient (Wildman–Crippen LogP) is 2.95. The van der Waals surface area contributed by atoms with Crippen molar-refractivity contribution >= 4 is 39.6 Å². The molecular formula is C7H3BrClF2NO. The van der Waals surface area contributed by atoms with Gasteiger partial charge in [0.2, 0.25) is 6.41 Å². The maximum absolute atomic E-state index is 12.8. The first-order chi connectivity index (χ1) is 6.07. The fourth-order valence-electron chi connectivity index (χ4n) is 0.757. The molecule has 0 atom stereocenters. The molecular weight excluding hydrogens is 267 g/mol. The average Bonchev–Trinajstić information content (AvgIpc) is 2.09. The van der Waals surface area contributed by atoms with Crippen LogP contribution >= 0.6 is 27.5 Å². The maximum Gasteiger partial charge on any atom is 0.211 e. The number of hydrogen-bond donors (Lipinski definition) is 1. The van der Waals surface area contributed by atoms with Crippen molar-refractivity contribution in [3.8, 4) is 0 Å². The molecule has 1 N–H and O–H groups in total. The first-order valence-corrected chi connectivity index (χ1v) is 4.28. The lowest BCUT2D eigenvalue weighted by atomic mass is 10.3. The molecule has 1 amide bonds. The van der Waals surface area contributed by atoms with Gasteiger partial charge in [0, 0.05) is 4.47 Å². The SMILES string of the molecule is O=CNc1c(Br)cc(F)c(F)c1Cl. The lowest BCUT2D eigenvalue weighted by molar-refractivity contribution is -0.105. The Kier molecular flexibility index (Phi) is 3.22. The number of amides is 1. The minimum atomic E-state index is -1.19. The van der Waals surface area contributed by atoms with Gasteiger partial charge in [-0.25, -0.2) is 8.78 Å². The van der Waals surface area contributed by atoms with E-state index in [0.717, 1.165) is 6.07 Å². The average molecular weight is 270 g/mol. The third-order valence-electron chi connectivity index (χ3n) is 1.32. The molecule has 0 saturated heterocycles. The van der Waals surface area contributed by atoms with Crippen LogP contribution in [-0.4, -0.2) is 6.41 Å². The lowest BCUT2D eigenvalue weighted by Crippen LogP contribution is -1.99. The van der Waals surface area contributed by atoms with Crippen LogP contribution in [-0.2, 0) is 4.79 Å². The Hall–Kier alpha value is -0.680. The van der Waals surface area contributed by atoms with Crippen LogP contribution in [0.5, 0.6) is 0 Å². The summed E-state index contributed by atoms with van der Waals surface area (Å²) in [5, 5.41) is 1.69. The summed E-state index contributed by atoms with van der Waals surface area (Å²) in [5.74, 6) is -2.26. The number of halogens is 4. The molecule has 0 radical (unpaired) electrons. The maximum atomic E-state index is 12.8. The minimum absolute atomic E-state index is 0.00978. The van der Waals surface area contributed by atoms with Gasteiger partial charge < -0.3 is 5.32 Å². The first kappa shape index (κ1) is 10.4. The molecule has 0 aliphatic carbocycles. The van der Waals surface area contributed by atoms with E-state index < -0.39 is 16.7 Å². The summed E-state index contributed by atoms with van der Waals surface area (Å²) in [7, 11) is 0. The highest BCUT2D eigenvalue weighted by Crippen LogP contribution is 2.33. The van der Waals surface area contributed by atoms with E-state index in [0.29, 0.717) is 6.41 Å². The highest BCUT2D eigenvalue weighted by Gasteiger charge is 2.14. The molecule has 0 aliphatic heterocycles. The Bertz CT molecular complexity index is 359. The van der Waals surface area contributed by atoms with E-state index in [1.165, 1.54) is 0 Å². The molecule has 1 aromatic rings. The molecule has 0 aromatic heterocycles. The number of rotatable bonds is 2. The van der Waals surface area contributed by atoms with Crippen molar-refractivity contribution in [1.29, 1.82) is 0 Å². The normalized spacial score (nSPS) is 9.85. The minimum Gasteiger partial charge on any atom is -0.326 e. The number of carbonyl (C=O) groups excluding carboxylic acids is 1. The Morgan fingerprint density at radius 2 is 2.15 bits per heavy atom. The Morgan fingerprint density at radius 1 is 1.54 bits per heavy atom. The summed E-state index contributed by atoms with van der Waals surface area (Å²) in [6.07, 6.45) is 0.323. The van der Waals surface area contributed by atoms with Crippen LogP contribution in [0.1, 0.15) is 0 Å². The molecule has 0 heterocycles. The molecule has 2 nitrogen and oxygen atoms in total. The second kappa shape index (κ2) is 4.02. The Balaban J connectivity index is 3.34. The lowest BCUT2D eigenvalue weighted by Gasteiger charge is -2.06. The summed E-state index contributed by atoms with van der Waals surface area (Å²) in [5.41, 5.74) is 0.00978. The zero-order valence-corrected chi connectivity index (χ0v) is 8.42. The number of hydrogen-bond acceptors (Lipinski definition) is 1. The van der Waals surface area contributed by atoms with Gasteiger partial charge in [-0.1, -0.05) is 11.6 Å². The van der Waals surface area contributed by atoms with Gasteiger partial charge in [-0.05, 0) is 22.0 Å². The quantitative estimate of drug-likeness (QED) is 0.500. The van der Waals surface area contributed by atoms with Crippen molar-refractivity contribution in [3.63, 3.8) is 0 Å². The van der Waals surface area contributed by atoms with Crippen LogP contribution in [0.3, 0.4) is 0 Å². The highest BCUT2D eigenvalue weighted by molar-refractivity contribution is 9.10. The third-order valence-corrected chi connectivity index (χ3v) is 2.30. The second-order valence-corrected chi connectivity index (χ2v) is 3.34.